The van der Waals surface area contributed by atoms with Gasteiger partial charge in [0.1, 0.15) is 11.6 Å². The molecule has 0 radical (unpaired) electrons. The minimum Gasteiger partial charge on any atom is -0.308 e. The lowest BCUT2D eigenvalue weighted by molar-refractivity contribution is 0.670. The quantitative estimate of drug-likeness (QED) is 0.136. The van der Waals surface area contributed by atoms with Gasteiger partial charge in [-0.15, -0.1) is 0 Å². The van der Waals surface area contributed by atoms with Crippen molar-refractivity contribution in [1.82, 2.24) is 52.3 Å². The molecule has 2 atom stereocenters. The maximum absolute atomic E-state index is 5.88. The van der Waals surface area contributed by atoms with Crippen LogP contribution < -0.4 is 0 Å². The number of nitrogens with zero attached hydrogens (tertiary/aromatic N) is 11. The number of aromatic nitrogens is 11. The summed E-state index contributed by atoms with van der Waals surface area (Å²) in [5.74, 6) is 1.73. The number of benzene rings is 11. The second-order valence-corrected chi connectivity index (χ2v) is 28.8. The van der Waals surface area contributed by atoms with E-state index in [9.17, 15) is 0 Å². The first-order valence-corrected chi connectivity index (χ1v) is 37.2. The van der Waals surface area contributed by atoms with Gasteiger partial charge in [-0.05, 0) is 226 Å². The minimum absolute atomic E-state index is 0.0437. The summed E-state index contributed by atoms with van der Waals surface area (Å²) >= 11 is 0. The molecule has 2 unspecified atom stereocenters. The number of fused-ring (bicyclic) bond motifs is 18. The molecular weight excluding hydrogens is 1330 g/mol. The fourth-order valence-corrected chi connectivity index (χ4v) is 18.2. The molecule has 11 nitrogen and oxygen atoms in total. The Labute approximate surface area is 624 Å². The van der Waals surface area contributed by atoms with Gasteiger partial charge < -0.3 is 18.3 Å². The van der Waals surface area contributed by atoms with Crippen molar-refractivity contribution in [2.24, 2.45) is 0 Å². The Bertz CT molecular complexity index is 7190. The van der Waals surface area contributed by atoms with Crippen LogP contribution in [0.4, 0.5) is 0 Å². The van der Waals surface area contributed by atoms with Gasteiger partial charge in [0.05, 0.1) is 88.4 Å². The van der Waals surface area contributed by atoms with Gasteiger partial charge in [-0.25, -0.2) is 4.98 Å². The zero-order valence-corrected chi connectivity index (χ0v) is 59.1. The molecule has 22 aromatic rings. The number of allylic oxidation sites excluding steroid dienone is 1. The molecule has 1 aliphatic rings. The predicted octanol–water partition coefficient (Wildman–Crippen LogP) is 24.0. The Morgan fingerprint density at radius 1 is 0.248 bits per heavy atom. The van der Waals surface area contributed by atoms with Gasteiger partial charge in [-0.3, -0.25) is 29.1 Å². The SMILES string of the molecule is CC1c2c(n(-c3cccc(-n4c5ccc(-c6cccc(-n7c8ccccc8c8ncccc87)c6)cc5c5cc(-c6cccc(-n7c8ccccc8c8ncccc87)c6)ccc54)n3)c3ccc(-c4cccc(-n5c6ccccc6c6ncccc65)c4)cc23)C=CC1c1cccc(-n2c3ccccc3c3ncccc32)c1. The van der Waals surface area contributed by atoms with Crippen LogP contribution in [0.25, 0.3) is 194 Å². The molecule has 11 heterocycles. The Balaban J connectivity index is 0.696. The third-order valence-corrected chi connectivity index (χ3v) is 23.0. The highest BCUT2D eigenvalue weighted by Gasteiger charge is 2.32. The molecule has 0 saturated heterocycles. The lowest BCUT2D eigenvalue weighted by Gasteiger charge is -2.27. The number of hydrogen-bond acceptors (Lipinski definition) is 5. The highest BCUT2D eigenvalue weighted by Crippen LogP contribution is 2.49. The van der Waals surface area contributed by atoms with Gasteiger partial charge >= 0.3 is 0 Å². The highest BCUT2D eigenvalue weighted by atomic mass is 15.1. The van der Waals surface area contributed by atoms with Crippen LogP contribution >= 0.6 is 0 Å². The number of rotatable bonds is 10. The van der Waals surface area contributed by atoms with Crippen LogP contribution in [0.2, 0.25) is 0 Å². The van der Waals surface area contributed by atoms with Crippen molar-refractivity contribution in [2.75, 3.05) is 0 Å². The highest BCUT2D eigenvalue weighted by molar-refractivity contribution is 6.14. The molecule has 510 valence electrons. The Hall–Kier alpha value is -14.6. The topological polar surface area (TPSA) is 94.0 Å². The molecule has 109 heavy (non-hydrogen) atoms. The Morgan fingerprint density at radius 3 is 1.00 bits per heavy atom. The third kappa shape index (κ3) is 9.20. The van der Waals surface area contributed by atoms with Crippen LogP contribution in [0.1, 0.15) is 35.6 Å². The van der Waals surface area contributed by atoms with Gasteiger partial charge in [0.25, 0.3) is 0 Å². The second kappa shape index (κ2) is 23.7. The lowest BCUT2D eigenvalue weighted by atomic mass is 9.78. The standard InChI is InChI=1S/C98H63N11/c1-60-72(67-22-13-26-71(56-67)107-83-34-9-5-30-76(83)98-91(107)38-18-52-102-98)44-48-87-94(60)79-59-66(63-21-12-25-70(55-63)106-82-33-8-4-29-75(82)97-90(106)37-17-51-101-97)43-47-86(79)109(87)93-40-14-39-92(103-93)108-84-45-41-64(61-19-10-23-68(53-61)104-80-31-6-2-27-73(80)95-88(104)35-15-49-99-95)57-77(84)78-58-65(42-46-85(78)108)62-20-11-24-69(54-62)105-81-32-7-3-28-74(81)96-89(105)36-16-50-100-96/h2-60,72H,1H3. The van der Waals surface area contributed by atoms with E-state index in [1.807, 2.05) is 49.1 Å². The van der Waals surface area contributed by atoms with E-state index in [1.54, 1.807) is 0 Å². The largest absolute Gasteiger partial charge is 0.308 e. The van der Waals surface area contributed by atoms with Gasteiger partial charge in [0.2, 0.25) is 0 Å². The molecule has 0 spiro atoms. The van der Waals surface area contributed by atoms with E-state index in [0.717, 1.165) is 189 Å². The van der Waals surface area contributed by atoms with Crippen molar-refractivity contribution in [2.45, 2.75) is 18.8 Å². The second-order valence-electron chi connectivity index (χ2n) is 28.8. The lowest BCUT2D eigenvalue weighted by Crippen LogP contribution is -2.13. The smallest absolute Gasteiger partial charge is 0.140 e. The fraction of sp³-hybridized carbons (Fsp3) is 0.0306. The van der Waals surface area contributed by atoms with Crippen LogP contribution in [0, 0.1) is 0 Å². The molecule has 0 bridgehead atoms. The molecule has 0 saturated carbocycles. The van der Waals surface area contributed by atoms with Crippen LogP contribution in [0.5, 0.6) is 0 Å². The maximum Gasteiger partial charge on any atom is 0.140 e. The molecule has 0 amide bonds. The Kier molecular flexibility index (Phi) is 13.2. The maximum atomic E-state index is 5.88. The van der Waals surface area contributed by atoms with Crippen molar-refractivity contribution in [3.05, 3.63) is 363 Å². The molecule has 11 heteroatoms. The summed E-state index contributed by atoms with van der Waals surface area (Å²) in [4.78, 5) is 25.4. The van der Waals surface area contributed by atoms with E-state index in [4.69, 9.17) is 24.9 Å². The minimum atomic E-state index is 0.0437. The normalized spacial score (nSPS) is 13.9. The summed E-state index contributed by atoms with van der Waals surface area (Å²) in [6.07, 6.45) is 12.3. The van der Waals surface area contributed by atoms with Crippen LogP contribution in [-0.2, 0) is 0 Å². The van der Waals surface area contributed by atoms with Crippen molar-refractivity contribution in [1.29, 1.82) is 0 Å². The average molecular weight is 1390 g/mol. The number of pyridine rings is 5. The predicted molar refractivity (Wildman–Crippen MR) is 447 cm³/mol. The van der Waals surface area contributed by atoms with E-state index in [2.05, 4.69) is 338 Å². The van der Waals surface area contributed by atoms with E-state index in [1.165, 1.54) is 16.5 Å². The number of hydrogen-bond donors (Lipinski definition) is 0. The van der Waals surface area contributed by atoms with E-state index in [0.29, 0.717) is 0 Å². The number of para-hydroxylation sites is 4. The van der Waals surface area contributed by atoms with E-state index in [-0.39, 0.29) is 11.8 Å². The summed E-state index contributed by atoms with van der Waals surface area (Å²) in [7, 11) is 0. The van der Waals surface area contributed by atoms with Crippen LogP contribution in [0.15, 0.2) is 346 Å². The summed E-state index contributed by atoms with van der Waals surface area (Å²) < 4.78 is 14.2. The zero-order chi connectivity index (χ0) is 71.5. The molecule has 0 N–H and O–H groups in total. The molecule has 11 aromatic carbocycles. The molecular formula is C98H63N11. The molecule has 0 fully saturated rings. The van der Waals surface area contributed by atoms with Crippen molar-refractivity contribution in [3.8, 4) is 67.8 Å². The van der Waals surface area contributed by atoms with Crippen LogP contribution in [0.3, 0.4) is 0 Å². The first kappa shape index (κ1) is 60.8. The fourth-order valence-electron chi connectivity index (χ4n) is 18.2. The summed E-state index contributed by atoms with van der Waals surface area (Å²) in [6, 6.07) is 115. The third-order valence-electron chi connectivity index (χ3n) is 23.0. The van der Waals surface area contributed by atoms with E-state index < -0.39 is 0 Å². The first-order chi connectivity index (χ1) is 54.0. The van der Waals surface area contributed by atoms with Gasteiger partial charge in [0.15, 0.2) is 0 Å². The Morgan fingerprint density at radius 2 is 0.578 bits per heavy atom. The molecule has 23 rings (SSSR count). The van der Waals surface area contributed by atoms with Crippen molar-refractivity contribution < 1.29 is 0 Å². The van der Waals surface area contributed by atoms with Gasteiger partial charge in [0, 0.05) is 91.2 Å². The average Bonchev–Trinajstić information content (AvgIpc) is 1.59. The first-order valence-electron chi connectivity index (χ1n) is 37.2. The van der Waals surface area contributed by atoms with E-state index >= 15 is 0 Å². The molecule has 0 aliphatic heterocycles. The van der Waals surface area contributed by atoms with Crippen molar-refractivity contribution in [3.63, 3.8) is 0 Å². The monoisotopic (exact) mass is 1390 g/mol. The van der Waals surface area contributed by atoms with Crippen LogP contribution in [-0.4, -0.2) is 52.3 Å². The summed E-state index contributed by atoms with van der Waals surface area (Å²) in [6.45, 7) is 2.41. The molecule has 11 aromatic heterocycles. The zero-order valence-electron chi connectivity index (χ0n) is 59.1. The van der Waals surface area contributed by atoms with Crippen molar-refractivity contribution >= 4 is 127 Å². The summed E-state index contributed by atoms with van der Waals surface area (Å²) in [5, 5.41) is 7.95. The van der Waals surface area contributed by atoms with Gasteiger partial charge in [-0.2, -0.15) is 0 Å². The summed E-state index contributed by atoms with van der Waals surface area (Å²) in [5.41, 5.74) is 30.6. The van der Waals surface area contributed by atoms with Gasteiger partial charge in [-0.1, -0.05) is 159 Å². The molecule has 1 aliphatic carbocycles.